The third-order valence-electron chi connectivity index (χ3n) is 3.77. The molecule has 2 amide bonds. The molecule has 0 saturated carbocycles. The van der Waals surface area contributed by atoms with Gasteiger partial charge in [0.15, 0.2) is 0 Å². The van der Waals surface area contributed by atoms with Crippen molar-refractivity contribution in [3.8, 4) is 11.5 Å². The molecule has 1 N–H and O–H groups in total. The average Bonchev–Trinajstić information content (AvgIpc) is 2.62. The van der Waals surface area contributed by atoms with Crippen molar-refractivity contribution in [2.24, 2.45) is 0 Å². The van der Waals surface area contributed by atoms with Crippen LogP contribution in [0, 0.1) is 0 Å². The molecule has 2 rings (SSSR count). The summed E-state index contributed by atoms with van der Waals surface area (Å²) in [6.07, 6.45) is 0.0918. The van der Waals surface area contributed by atoms with Crippen molar-refractivity contribution in [3.63, 3.8) is 0 Å². The van der Waals surface area contributed by atoms with Crippen molar-refractivity contribution in [1.29, 1.82) is 0 Å². The number of nitrogens with one attached hydrogen (secondary N) is 1. The van der Waals surface area contributed by atoms with Crippen LogP contribution < -0.4 is 14.8 Å². The van der Waals surface area contributed by atoms with Crippen LogP contribution in [-0.2, 0) is 13.1 Å². The molecule has 140 valence electrons. The van der Waals surface area contributed by atoms with E-state index in [0.717, 1.165) is 22.6 Å². The van der Waals surface area contributed by atoms with Gasteiger partial charge in [-0.25, -0.2) is 4.79 Å². The maximum Gasteiger partial charge on any atom is 0.317 e. The zero-order valence-electron chi connectivity index (χ0n) is 16.0. The smallest absolute Gasteiger partial charge is 0.317 e. The van der Waals surface area contributed by atoms with Crippen LogP contribution in [0.1, 0.15) is 31.9 Å². The Morgan fingerprint density at radius 2 is 1.81 bits per heavy atom. The summed E-state index contributed by atoms with van der Waals surface area (Å²) in [5, 5.41) is 2.95. The monoisotopic (exact) mass is 356 g/mol. The number of carbonyl (C=O) groups excluding carboxylic acids is 1. The predicted octanol–water partition coefficient (Wildman–Crippen LogP) is 4.21. The molecular formula is C21H28N2O3. The third kappa shape index (κ3) is 5.99. The molecule has 0 aliphatic heterocycles. The minimum absolute atomic E-state index is 0.0918. The molecule has 0 atom stereocenters. The van der Waals surface area contributed by atoms with Crippen molar-refractivity contribution in [2.75, 3.05) is 13.7 Å². The van der Waals surface area contributed by atoms with E-state index in [0.29, 0.717) is 19.7 Å². The Bertz CT molecular complexity index is 699. The molecule has 0 aromatic heterocycles. The van der Waals surface area contributed by atoms with Gasteiger partial charge in [0.1, 0.15) is 11.5 Å². The minimum Gasteiger partial charge on any atom is -0.494 e. The summed E-state index contributed by atoms with van der Waals surface area (Å²) in [5.74, 6) is 1.64. The number of hydrogen-bond donors (Lipinski definition) is 1. The number of urea groups is 1. The van der Waals surface area contributed by atoms with Gasteiger partial charge in [-0.1, -0.05) is 30.3 Å². The first-order valence-corrected chi connectivity index (χ1v) is 8.94. The number of hydrogen-bond acceptors (Lipinski definition) is 3. The molecule has 0 fully saturated rings. The van der Waals surface area contributed by atoms with Crippen LogP contribution in [-0.4, -0.2) is 30.7 Å². The lowest BCUT2D eigenvalue weighted by molar-refractivity contribution is 0.206. The van der Waals surface area contributed by atoms with Gasteiger partial charge in [0.05, 0.1) is 12.7 Å². The molecule has 26 heavy (non-hydrogen) atoms. The zero-order chi connectivity index (χ0) is 18.9. The van der Waals surface area contributed by atoms with Crippen LogP contribution in [0.3, 0.4) is 0 Å². The largest absolute Gasteiger partial charge is 0.494 e. The van der Waals surface area contributed by atoms with Gasteiger partial charge in [-0.05, 0) is 44.5 Å². The number of amides is 2. The van der Waals surface area contributed by atoms with Crippen LogP contribution in [0.25, 0.3) is 0 Å². The van der Waals surface area contributed by atoms with E-state index in [1.165, 1.54) is 0 Å². The van der Waals surface area contributed by atoms with Crippen LogP contribution >= 0.6 is 0 Å². The molecule has 0 aliphatic rings. The maximum atomic E-state index is 12.4. The normalized spacial score (nSPS) is 10.5. The van der Waals surface area contributed by atoms with Crippen LogP contribution in [0.5, 0.6) is 11.5 Å². The molecule has 0 unspecified atom stereocenters. The Kier molecular flexibility index (Phi) is 7.33. The Balaban J connectivity index is 1.89. The van der Waals surface area contributed by atoms with Gasteiger partial charge in [-0.15, -0.1) is 0 Å². The van der Waals surface area contributed by atoms with Gasteiger partial charge in [0.2, 0.25) is 0 Å². The fourth-order valence-electron chi connectivity index (χ4n) is 2.53. The standard InChI is InChI=1S/C21H28N2O3/c1-5-25-19-12-10-17(11-13-19)15-23(4)21(24)22-14-18-8-6-7-9-20(18)26-16(2)3/h6-13,16H,5,14-15H2,1-4H3,(H,22,24). The second-order valence-electron chi connectivity index (χ2n) is 6.37. The van der Waals surface area contributed by atoms with Crippen molar-refractivity contribution < 1.29 is 14.3 Å². The first-order chi connectivity index (χ1) is 12.5. The highest BCUT2D eigenvalue weighted by molar-refractivity contribution is 5.74. The lowest BCUT2D eigenvalue weighted by atomic mass is 10.2. The predicted molar refractivity (Wildman–Crippen MR) is 104 cm³/mol. The molecule has 0 aliphatic carbocycles. The van der Waals surface area contributed by atoms with Gasteiger partial charge >= 0.3 is 6.03 Å². The van der Waals surface area contributed by atoms with E-state index < -0.39 is 0 Å². The summed E-state index contributed by atoms with van der Waals surface area (Å²) >= 11 is 0. The minimum atomic E-state index is -0.127. The highest BCUT2D eigenvalue weighted by Crippen LogP contribution is 2.19. The molecule has 2 aromatic carbocycles. The van der Waals surface area contributed by atoms with Crippen LogP contribution in [0.15, 0.2) is 48.5 Å². The average molecular weight is 356 g/mol. The first kappa shape index (κ1) is 19.6. The molecule has 0 saturated heterocycles. The number of nitrogens with zero attached hydrogens (tertiary/aromatic N) is 1. The van der Waals surface area contributed by atoms with Gasteiger partial charge in [-0.3, -0.25) is 0 Å². The topological polar surface area (TPSA) is 50.8 Å². The summed E-state index contributed by atoms with van der Waals surface area (Å²) in [5.41, 5.74) is 2.01. The SMILES string of the molecule is CCOc1ccc(CN(C)C(=O)NCc2ccccc2OC(C)C)cc1. The summed E-state index contributed by atoms with van der Waals surface area (Å²) in [7, 11) is 1.78. The second-order valence-corrected chi connectivity index (χ2v) is 6.37. The molecular weight excluding hydrogens is 328 g/mol. The van der Waals surface area contributed by atoms with E-state index in [-0.39, 0.29) is 12.1 Å². The fraction of sp³-hybridized carbons (Fsp3) is 0.381. The number of ether oxygens (including phenoxy) is 2. The maximum absolute atomic E-state index is 12.4. The molecule has 5 heteroatoms. The van der Waals surface area contributed by atoms with Crippen LogP contribution in [0.2, 0.25) is 0 Å². The molecule has 0 bridgehead atoms. The Hall–Kier alpha value is -2.69. The molecule has 5 nitrogen and oxygen atoms in total. The Morgan fingerprint density at radius 1 is 1.12 bits per heavy atom. The summed E-state index contributed by atoms with van der Waals surface area (Å²) in [6.45, 7) is 7.53. The highest BCUT2D eigenvalue weighted by Gasteiger charge is 2.11. The number of rotatable bonds is 8. The molecule has 0 spiro atoms. The Morgan fingerprint density at radius 3 is 2.46 bits per heavy atom. The van der Waals surface area contributed by atoms with E-state index in [2.05, 4.69) is 5.32 Å². The second kappa shape index (κ2) is 9.70. The fourth-order valence-corrected chi connectivity index (χ4v) is 2.53. The van der Waals surface area contributed by atoms with Crippen molar-refractivity contribution in [1.82, 2.24) is 10.2 Å². The summed E-state index contributed by atoms with van der Waals surface area (Å²) in [6, 6.07) is 15.4. The first-order valence-electron chi connectivity index (χ1n) is 8.94. The third-order valence-corrected chi connectivity index (χ3v) is 3.77. The van der Waals surface area contributed by atoms with Gasteiger partial charge < -0.3 is 19.7 Å². The van der Waals surface area contributed by atoms with Gasteiger partial charge in [-0.2, -0.15) is 0 Å². The van der Waals surface area contributed by atoms with E-state index >= 15 is 0 Å². The Labute approximate surface area is 155 Å². The van der Waals surface area contributed by atoms with Gasteiger partial charge in [0.25, 0.3) is 0 Å². The zero-order valence-corrected chi connectivity index (χ0v) is 16.0. The van der Waals surface area contributed by atoms with E-state index in [1.807, 2.05) is 69.3 Å². The quantitative estimate of drug-likeness (QED) is 0.771. The molecule has 2 aromatic rings. The summed E-state index contributed by atoms with van der Waals surface area (Å²) in [4.78, 5) is 14.0. The number of carbonyl (C=O) groups is 1. The van der Waals surface area contributed by atoms with E-state index in [4.69, 9.17) is 9.47 Å². The van der Waals surface area contributed by atoms with Crippen LogP contribution in [0.4, 0.5) is 4.79 Å². The number of para-hydroxylation sites is 1. The molecule has 0 radical (unpaired) electrons. The highest BCUT2D eigenvalue weighted by atomic mass is 16.5. The van der Waals surface area contributed by atoms with E-state index in [9.17, 15) is 4.79 Å². The van der Waals surface area contributed by atoms with E-state index in [1.54, 1.807) is 11.9 Å². The van der Waals surface area contributed by atoms with Crippen molar-refractivity contribution in [2.45, 2.75) is 40.0 Å². The lowest BCUT2D eigenvalue weighted by Gasteiger charge is -2.19. The van der Waals surface area contributed by atoms with Gasteiger partial charge in [0, 0.05) is 25.7 Å². The molecule has 0 heterocycles. The van der Waals surface area contributed by atoms with Crippen molar-refractivity contribution >= 4 is 6.03 Å². The van der Waals surface area contributed by atoms with Crippen molar-refractivity contribution in [3.05, 3.63) is 59.7 Å². The lowest BCUT2D eigenvalue weighted by Crippen LogP contribution is -2.36. The number of benzene rings is 2. The summed E-state index contributed by atoms with van der Waals surface area (Å²) < 4.78 is 11.2.